The van der Waals surface area contributed by atoms with E-state index in [1.165, 1.54) is 0 Å². The molecule has 4 rings (SSSR count). The molecule has 1 fully saturated rings. The third-order valence-corrected chi connectivity index (χ3v) is 12.1. The lowest BCUT2D eigenvalue weighted by Crippen LogP contribution is -2.67. The van der Waals surface area contributed by atoms with E-state index >= 15 is 0 Å². The van der Waals surface area contributed by atoms with E-state index in [2.05, 4.69) is 67.2 Å². The molecule has 3 aromatic carbocycles. The lowest BCUT2D eigenvalue weighted by molar-refractivity contribution is -0.261. The highest BCUT2D eigenvalue weighted by molar-refractivity contribution is 5.89. The number of hydrogen-bond donors (Lipinski definition) is 2. The summed E-state index contributed by atoms with van der Waals surface area (Å²) in [5.41, 5.74) is 1.25. The van der Waals surface area contributed by atoms with E-state index in [0.29, 0.717) is 5.56 Å². The molecular formula is C52H75NO8. The summed E-state index contributed by atoms with van der Waals surface area (Å²) in [7, 11) is 0. The number of carbonyl (C=O) groups is 3. The van der Waals surface area contributed by atoms with Gasteiger partial charge in [-0.05, 0) is 113 Å². The zero-order chi connectivity index (χ0) is 46.3. The summed E-state index contributed by atoms with van der Waals surface area (Å²) in [5.74, 6) is -2.96. The monoisotopic (exact) mass is 842 g/mol. The fourth-order valence-corrected chi connectivity index (χ4v) is 9.17. The smallest absolute Gasteiger partial charge is 0.341 e. The second-order valence-corrected chi connectivity index (χ2v) is 22.7. The van der Waals surface area contributed by atoms with Crippen LogP contribution in [0.1, 0.15) is 194 Å². The summed E-state index contributed by atoms with van der Waals surface area (Å²) in [5, 5.41) is 22.4. The first kappa shape index (κ1) is 49.3. The molecule has 0 bridgehead atoms. The zero-order valence-electron chi connectivity index (χ0n) is 40.3. The number of rotatable bonds is 11. The van der Waals surface area contributed by atoms with E-state index in [1.54, 1.807) is 37.3 Å². The molecule has 0 aliphatic carbocycles. The third kappa shape index (κ3) is 11.8. The van der Waals surface area contributed by atoms with Crippen molar-refractivity contribution in [2.24, 2.45) is 5.41 Å². The molecule has 0 spiro atoms. The van der Waals surface area contributed by atoms with Crippen molar-refractivity contribution in [2.75, 3.05) is 6.54 Å². The third-order valence-electron chi connectivity index (χ3n) is 12.1. The highest BCUT2D eigenvalue weighted by atomic mass is 16.7. The van der Waals surface area contributed by atoms with Crippen molar-refractivity contribution in [1.82, 2.24) is 4.90 Å². The largest absolute Gasteiger partial charge is 0.508 e. The highest BCUT2D eigenvalue weighted by Crippen LogP contribution is 2.50. The van der Waals surface area contributed by atoms with E-state index in [0.717, 1.165) is 27.8 Å². The molecule has 2 N–H and O–H groups in total. The lowest BCUT2D eigenvalue weighted by atomic mass is 9.73. The minimum atomic E-state index is -1.66. The fraction of sp³-hybridized carbons (Fsp3) is 0.596. The van der Waals surface area contributed by atoms with E-state index in [1.807, 2.05) is 78.8 Å². The molecule has 61 heavy (non-hydrogen) atoms. The minimum absolute atomic E-state index is 0.00911. The number of carbonyl (C=O) groups excluding carboxylic acids is 3. The maximum Gasteiger partial charge on any atom is 0.341 e. The first-order chi connectivity index (χ1) is 27.7. The first-order valence-corrected chi connectivity index (χ1v) is 21.9. The number of likely N-dealkylation sites (tertiary alicyclic amines) is 1. The molecule has 0 radical (unpaired) electrons. The molecule has 336 valence electrons. The summed E-state index contributed by atoms with van der Waals surface area (Å²) in [6, 6.07) is 18.2. The highest BCUT2D eigenvalue weighted by Gasteiger charge is 2.57. The van der Waals surface area contributed by atoms with E-state index in [9.17, 15) is 24.6 Å². The van der Waals surface area contributed by atoms with Crippen LogP contribution in [0.4, 0.5) is 0 Å². The second kappa shape index (κ2) is 17.4. The van der Waals surface area contributed by atoms with Gasteiger partial charge in [0.1, 0.15) is 17.6 Å². The van der Waals surface area contributed by atoms with Crippen LogP contribution in [0, 0.1) is 5.41 Å². The van der Waals surface area contributed by atoms with Crippen LogP contribution in [0.5, 0.6) is 11.5 Å². The molecule has 1 aliphatic heterocycles. The number of ether oxygens (including phenoxy) is 3. The summed E-state index contributed by atoms with van der Waals surface area (Å²) in [4.78, 5) is 44.0. The summed E-state index contributed by atoms with van der Waals surface area (Å²) >= 11 is 0. The Morgan fingerprint density at radius 2 is 1.16 bits per heavy atom. The Kier molecular flexibility index (Phi) is 14.1. The second-order valence-electron chi connectivity index (χ2n) is 22.7. The normalized spacial score (nSPS) is 17.9. The Balaban J connectivity index is 1.81. The van der Waals surface area contributed by atoms with Crippen LogP contribution in [-0.2, 0) is 40.0 Å². The average molecular weight is 842 g/mol. The maximum absolute atomic E-state index is 14.5. The van der Waals surface area contributed by atoms with Crippen LogP contribution in [0.3, 0.4) is 0 Å². The van der Waals surface area contributed by atoms with Crippen molar-refractivity contribution >= 4 is 17.9 Å². The number of esters is 3. The number of piperidine rings is 1. The van der Waals surface area contributed by atoms with Crippen LogP contribution < -0.4 is 0 Å². The van der Waals surface area contributed by atoms with Gasteiger partial charge in [-0.15, -0.1) is 0 Å². The molecule has 9 heteroatoms. The molecule has 0 aromatic heterocycles. The number of phenolic OH excluding ortho intramolecular Hbond substituents is 2. The van der Waals surface area contributed by atoms with Gasteiger partial charge >= 0.3 is 17.9 Å². The van der Waals surface area contributed by atoms with Gasteiger partial charge in [-0.2, -0.15) is 0 Å². The van der Waals surface area contributed by atoms with Gasteiger partial charge in [0.05, 0.1) is 12.0 Å². The first-order valence-electron chi connectivity index (χ1n) is 21.9. The van der Waals surface area contributed by atoms with Crippen LogP contribution in [-0.4, -0.2) is 56.4 Å². The number of aromatic hydroxyl groups is 2. The molecule has 2 atom stereocenters. The van der Waals surface area contributed by atoms with Crippen LogP contribution in [0.25, 0.3) is 0 Å². The Bertz CT molecular complexity index is 2000. The molecule has 9 nitrogen and oxygen atoms in total. The van der Waals surface area contributed by atoms with Gasteiger partial charge in [0, 0.05) is 36.9 Å². The number of phenols is 2. The quantitative estimate of drug-likeness (QED) is 0.143. The number of hydrogen-bond acceptors (Lipinski definition) is 9. The van der Waals surface area contributed by atoms with Gasteiger partial charge in [0.15, 0.2) is 0 Å². The number of nitrogens with zero attached hydrogens (tertiary/aromatic N) is 1. The Hall–Kier alpha value is -4.37. The van der Waals surface area contributed by atoms with Gasteiger partial charge in [-0.3, -0.25) is 14.5 Å². The summed E-state index contributed by atoms with van der Waals surface area (Å²) < 4.78 is 19.3. The Labute approximate surface area is 366 Å². The Morgan fingerprint density at radius 1 is 0.672 bits per heavy atom. The van der Waals surface area contributed by atoms with E-state index in [-0.39, 0.29) is 66.4 Å². The molecule has 1 heterocycles. The van der Waals surface area contributed by atoms with Crippen LogP contribution in [0.15, 0.2) is 60.7 Å². The standard InChI is InChI=1S/C52H75NO8/c1-18-42(55)59-41(35-27-38(48(8,9)10)44(57)39(28-35)49(11,12)13)30-53-50(14,15)31-52(32-51(53,16)17,61-45(58)33-22-20-19-21-23-33)60-43(56)29-36(46(2,3)4)34-24-25-40(54)37(26-34)47(5,6)7/h19-28,36,41,54,57H,18,29-32H2,1-17H3. The molecule has 3 aromatic rings. The van der Waals surface area contributed by atoms with Crippen molar-refractivity contribution in [3.05, 3.63) is 94.0 Å². The molecule has 1 aliphatic rings. The molecule has 0 amide bonds. The van der Waals surface area contributed by atoms with Gasteiger partial charge in [-0.25, -0.2) is 4.79 Å². The van der Waals surface area contributed by atoms with Crippen molar-refractivity contribution in [3.8, 4) is 11.5 Å². The summed E-state index contributed by atoms with van der Waals surface area (Å²) in [6.07, 6.45) is -0.260. The molecular weight excluding hydrogens is 767 g/mol. The van der Waals surface area contributed by atoms with Gasteiger partial charge in [0.2, 0.25) is 0 Å². The van der Waals surface area contributed by atoms with Crippen molar-refractivity contribution in [1.29, 1.82) is 0 Å². The minimum Gasteiger partial charge on any atom is -0.508 e. The van der Waals surface area contributed by atoms with Crippen molar-refractivity contribution in [3.63, 3.8) is 0 Å². The molecule has 2 unspecified atom stereocenters. The summed E-state index contributed by atoms with van der Waals surface area (Å²) in [6.45, 7) is 34.9. The maximum atomic E-state index is 14.5. The van der Waals surface area contributed by atoms with Crippen LogP contribution >= 0.6 is 0 Å². The average Bonchev–Trinajstić information content (AvgIpc) is 3.09. The van der Waals surface area contributed by atoms with Gasteiger partial charge in [-0.1, -0.05) is 120 Å². The SMILES string of the molecule is CCC(=O)OC(CN1C(C)(C)CC(OC(=O)CC(c2ccc(O)c(C(C)(C)C)c2)C(C)(C)C)(OC(=O)c2ccccc2)CC1(C)C)c1cc(C(C)(C)C)c(O)c(C(C)(C)C)c1. The van der Waals surface area contributed by atoms with Crippen molar-refractivity contribution in [2.45, 2.75) is 189 Å². The lowest BCUT2D eigenvalue weighted by Gasteiger charge is -2.58. The number of benzene rings is 3. The van der Waals surface area contributed by atoms with Gasteiger partial charge in [0.25, 0.3) is 5.79 Å². The molecule has 1 saturated heterocycles. The van der Waals surface area contributed by atoms with Crippen LogP contribution in [0.2, 0.25) is 0 Å². The Morgan fingerprint density at radius 3 is 1.62 bits per heavy atom. The van der Waals surface area contributed by atoms with E-state index in [4.69, 9.17) is 14.2 Å². The van der Waals surface area contributed by atoms with Gasteiger partial charge < -0.3 is 24.4 Å². The fourth-order valence-electron chi connectivity index (χ4n) is 9.17. The van der Waals surface area contributed by atoms with Crippen molar-refractivity contribution < 1.29 is 38.8 Å². The zero-order valence-corrected chi connectivity index (χ0v) is 40.3. The molecule has 0 saturated carbocycles. The topological polar surface area (TPSA) is 123 Å². The predicted octanol–water partition coefficient (Wildman–Crippen LogP) is 12.0. The van der Waals surface area contributed by atoms with E-state index < -0.39 is 45.7 Å². The predicted molar refractivity (Wildman–Crippen MR) is 243 cm³/mol.